The Kier molecular flexibility index (Phi) is 4.22. The maximum atomic E-state index is 12.4. The first kappa shape index (κ1) is 11.9. The SMILES string of the molecule is CC1CNCCN1C(=O)C1CCCCCC1. The van der Waals surface area contributed by atoms with Crippen LogP contribution in [0.2, 0.25) is 0 Å². The molecule has 3 nitrogen and oxygen atoms in total. The highest BCUT2D eigenvalue weighted by Gasteiger charge is 2.29. The molecule has 2 aliphatic rings. The van der Waals surface area contributed by atoms with Crippen molar-refractivity contribution < 1.29 is 4.79 Å². The summed E-state index contributed by atoms with van der Waals surface area (Å²) in [6.45, 7) is 4.97. The average molecular weight is 224 g/mol. The van der Waals surface area contributed by atoms with Crippen LogP contribution in [0.1, 0.15) is 45.4 Å². The van der Waals surface area contributed by atoms with Crippen LogP contribution < -0.4 is 5.32 Å². The van der Waals surface area contributed by atoms with E-state index in [1.54, 1.807) is 0 Å². The monoisotopic (exact) mass is 224 g/mol. The molecule has 1 aliphatic carbocycles. The van der Waals surface area contributed by atoms with E-state index < -0.39 is 0 Å². The van der Waals surface area contributed by atoms with E-state index in [1.807, 2.05) is 0 Å². The Morgan fingerprint density at radius 3 is 2.50 bits per heavy atom. The molecule has 1 aliphatic heterocycles. The van der Waals surface area contributed by atoms with E-state index in [1.165, 1.54) is 25.7 Å². The fraction of sp³-hybridized carbons (Fsp3) is 0.923. The number of hydrogen-bond donors (Lipinski definition) is 1. The summed E-state index contributed by atoms with van der Waals surface area (Å²) in [5.41, 5.74) is 0. The summed E-state index contributed by atoms with van der Waals surface area (Å²) >= 11 is 0. The van der Waals surface area contributed by atoms with Gasteiger partial charge in [0, 0.05) is 31.6 Å². The smallest absolute Gasteiger partial charge is 0.226 e. The standard InChI is InChI=1S/C13H24N2O/c1-11-10-14-8-9-15(11)13(16)12-6-4-2-3-5-7-12/h11-12,14H,2-10H2,1H3. The van der Waals surface area contributed by atoms with Crippen LogP contribution >= 0.6 is 0 Å². The third-order valence-electron chi connectivity index (χ3n) is 3.99. The molecule has 1 N–H and O–H groups in total. The molecular formula is C13H24N2O. The van der Waals surface area contributed by atoms with Crippen molar-refractivity contribution in [1.82, 2.24) is 10.2 Å². The van der Waals surface area contributed by atoms with Crippen LogP contribution in [0.3, 0.4) is 0 Å². The Labute approximate surface area is 98.6 Å². The fourth-order valence-corrected chi connectivity index (χ4v) is 2.93. The quantitative estimate of drug-likeness (QED) is 0.689. The molecule has 1 saturated heterocycles. The lowest BCUT2D eigenvalue weighted by molar-refractivity contribution is -0.138. The highest BCUT2D eigenvalue weighted by Crippen LogP contribution is 2.25. The molecule has 3 heteroatoms. The van der Waals surface area contributed by atoms with Gasteiger partial charge >= 0.3 is 0 Å². The molecule has 2 rings (SSSR count). The van der Waals surface area contributed by atoms with Crippen LogP contribution in [0.25, 0.3) is 0 Å². The lowest BCUT2D eigenvalue weighted by Crippen LogP contribution is -2.53. The molecule has 0 aromatic rings. The number of hydrogen-bond acceptors (Lipinski definition) is 2. The van der Waals surface area contributed by atoms with Gasteiger partial charge < -0.3 is 10.2 Å². The summed E-state index contributed by atoms with van der Waals surface area (Å²) < 4.78 is 0. The Balaban J connectivity index is 1.93. The van der Waals surface area contributed by atoms with Crippen molar-refractivity contribution in [2.75, 3.05) is 19.6 Å². The predicted molar refractivity (Wildman–Crippen MR) is 65.2 cm³/mol. The van der Waals surface area contributed by atoms with Gasteiger partial charge in [-0.2, -0.15) is 0 Å². The van der Waals surface area contributed by atoms with Crippen molar-refractivity contribution in [1.29, 1.82) is 0 Å². The molecule has 1 saturated carbocycles. The van der Waals surface area contributed by atoms with Gasteiger partial charge in [-0.25, -0.2) is 0 Å². The van der Waals surface area contributed by atoms with Gasteiger partial charge in [0.25, 0.3) is 0 Å². The van der Waals surface area contributed by atoms with E-state index in [9.17, 15) is 4.79 Å². The molecule has 0 aromatic heterocycles. The van der Waals surface area contributed by atoms with Gasteiger partial charge in [-0.15, -0.1) is 0 Å². The van der Waals surface area contributed by atoms with Crippen molar-refractivity contribution in [3.63, 3.8) is 0 Å². The summed E-state index contributed by atoms with van der Waals surface area (Å²) in [5, 5.41) is 3.34. The average Bonchev–Trinajstić information content (AvgIpc) is 2.57. The highest BCUT2D eigenvalue weighted by molar-refractivity contribution is 5.79. The lowest BCUT2D eigenvalue weighted by Gasteiger charge is -2.36. The maximum absolute atomic E-state index is 12.4. The molecule has 0 aromatic carbocycles. The molecule has 2 fully saturated rings. The van der Waals surface area contributed by atoms with Gasteiger partial charge in [0.2, 0.25) is 5.91 Å². The Morgan fingerprint density at radius 2 is 1.88 bits per heavy atom. The van der Waals surface area contributed by atoms with Gasteiger partial charge in [-0.1, -0.05) is 25.7 Å². The van der Waals surface area contributed by atoms with E-state index in [0.29, 0.717) is 17.9 Å². The Hall–Kier alpha value is -0.570. The minimum absolute atomic E-state index is 0.322. The number of nitrogens with one attached hydrogen (secondary N) is 1. The molecule has 0 bridgehead atoms. The zero-order chi connectivity index (χ0) is 11.4. The number of piperazine rings is 1. The highest BCUT2D eigenvalue weighted by atomic mass is 16.2. The molecule has 1 unspecified atom stereocenters. The molecule has 1 amide bonds. The fourth-order valence-electron chi connectivity index (χ4n) is 2.93. The van der Waals surface area contributed by atoms with E-state index in [4.69, 9.17) is 0 Å². The normalized spacial score (nSPS) is 28.8. The zero-order valence-electron chi connectivity index (χ0n) is 10.4. The molecule has 92 valence electrons. The summed E-state index contributed by atoms with van der Waals surface area (Å²) in [6, 6.07) is 0.379. The second kappa shape index (κ2) is 5.67. The Bertz CT molecular complexity index is 234. The van der Waals surface area contributed by atoms with Crippen LogP contribution in [0.5, 0.6) is 0 Å². The number of carbonyl (C=O) groups excluding carboxylic acids is 1. The molecule has 16 heavy (non-hydrogen) atoms. The van der Waals surface area contributed by atoms with Gasteiger partial charge in [-0.3, -0.25) is 4.79 Å². The van der Waals surface area contributed by atoms with Crippen LogP contribution in [-0.4, -0.2) is 36.5 Å². The van der Waals surface area contributed by atoms with E-state index in [0.717, 1.165) is 32.5 Å². The van der Waals surface area contributed by atoms with Crippen LogP contribution in [0, 0.1) is 5.92 Å². The number of nitrogens with zero attached hydrogens (tertiary/aromatic N) is 1. The van der Waals surface area contributed by atoms with Gasteiger partial charge in [0.05, 0.1) is 0 Å². The second-order valence-corrected chi connectivity index (χ2v) is 5.27. The number of rotatable bonds is 1. The van der Waals surface area contributed by atoms with E-state index in [2.05, 4.69) is 17.1 Å². The van der Waals surface area contributed by atoms with Crippen LogP contribution in [-0.2, 0) is 4.79 Å². The first-order valence-corrected chi connectivity index (χ1v) is 6.80. The van der Waals surface area contributed by atoms with Crippen molar-refractivity contribution >= 4 is 5.91 Å². The summed E-state index contributed by atoms with van der Waals surface area (Å²) in [4.78, 5) is 14.5. The molecule has 0 spiro atoms. The van der Waals surface area contributed by atoms with Gasteiger partial charge in [0.1, 0.15) is 0 Å². The van der Waals surface area contributed by atoms with E-state index in [-0.39, 0.29) is 0 Å². The molecule has 0 radical (unpaired) electrons. The molecule has 1 atom stereocenters. The predicted octanol–water partition coefficient (Wildman–Crippen LogP) is 1.78. The molecule has 1 heterocycles. The number of amides is 1. The maximum Gasteiger partial charge on any atom is 0.226 e. The first-order valence-electron chi connectivity index (χ1n) is 6.80. The second-order valence-electron chi connectivity index (χ2n) is 5.27. The van der Waals surface area contributed by atoms with E-state index >= 15 is 0 Å². The minimum atomic E-state index is 0.322. The minimum Gasteiger partial charge on any atom is -0.337 e. The summed E-state index contributed by atoms with van der Waals surface area (Å²) in [7, 11) is 0. The van der Waals surface area contributed by atoms with Crippen molar-refractivity contribution in [3.8, 4) is 0 Å². The first-order chi connectivity index (χ1) is 7.79. The van der Waals surface area contributed by atoms with Crippen LogP contribution in [0.4, 0.5) is 0 Å². The largest absolute Gasteiger partial charge is 0.337 e. The van der Waals surface area contributed by atoms with Crippen molar-refractivity contribution in [2.24, 2.45) is 5.92 Å². The summed E-state index contributed by atoms with van der Waals surface area (Å²) in [5.74, 6) is 0.749. The molecular weight excluding hydrogens is 200 g/mol. The van der Waals surface area contributed by atoms with Gasteiger partial charge in [-0.05, 0) is 19.8 Å². The zero-order valence-corrected chi connectivity index (χ0v) is 10.4. The Morgan fingerprint density at radius 1 is 1.19 bits per heavy atom. The van der Waals surface area contributed by atoms with Crippen molar-refractivity contribution in [2.45, 2.75) is 51.5 Å². The van der Waals surface area contributed by atoms with Crippen LogP contribution in [0.15, 0.2) is 0 Å². The van der Waals surface area contributed by atoms with Gasteiger partial charge in [0.15, 0.2) is 0 Å². The number of carbonyl (C=O) groups is 1. The third-order valence-corrected chi connectivity index (χ3v) is 3.99. The summed E-state index contributed by atoms with van der Waals surface area (Å²) in [6.07, 6.45) is 7.38. The lowest BCUT2D eigenvalue weighted by atomic mass is 9.97. The van der Waals surface area contributed by atoms with Crippen molar-refractivity contribution in [3.05, 3.63) is 0 Å². The topological polar surface area (TPSA) is 32.3 Å². The third kappa shape index (κ3) is 2.76.